The highest BCUT2D eigenvalue weighted by Gasteiger charge is 2.21. The highest BCUT2D eigenvalue weighted by Crippen LogP contribution is 2.32. The van der Waals surface area contributed by atoms with Gasteiger partial charge in [-0.15, -0.1) is 0 Å². The SMILES string of the molecule is Cc1ccc2oc(C(NN)c3cccc(F)c3Cl)cc2c1. The number of hydrazine groups is 1. The van der Waals surface area contributed by atoms with Gasteiger partial charge in [-0.1, -0.05) is 35.4 Å². The smallest absolute Gasteiger partial charge is 0.142 e. The first-order valence-electron chi connectivity index (χ1n) is 6.50. The second-order valence-corrected chi connectivity index (χ2v) is 5.31. The summed E-state index contributed by atoms with van der Waals surface area (Å²) >= 11 is 6.03. The number of hydrogen-bond acceptors (Lipinski definition) is 3. The van der Waals surface area contributed by atoms with Gasteiger partial charge in [0, 0.05) is 5.39 Å². The van der Waals surface area contributed by atoms with Gasteiger partial charge in [-0.3, -0.25) is 5.84 Å². The van der Waals surface area contributed by atoms with E-state index < -0.39 is 11.9 Å². The van der Waals surface area contributed by atoms with Crippen molar-refractivity contribution in [1.29, 1.82) is 0 Å². The van der Waals surface area contributed by atoms with Crippen molar-refractivity contribution in [2.45, 2.75) is 13.0 Å². The van der Waals surface area contributed by atoms with E-state index in [1.807, 2.05) is 31.2 Å². The third-order valence-corrected chi connectivity index (χ3v) is 3.83. The molecule has 0 fully saturated rings. The molecule has 21 heavy (non-hydrogen) atoms. The fourth-order valence-corrected chi connectivity index (χ4v) is 2.63. The predicted molar refractivity (Wildman–Crippen MR) is 81.5 cm³/mol. The summed E-state index contributed by atoms with van der Waals surface area (Å²) in [5.41, 5.74) is 5.06. The van der Waals surface area contributed by atoms with Gasteiger partial charge in [-0.05, 0) is 36.8 Å². The molecule has 1 atom stereocenters. The van der Waals surface area contributed by atoms with Crippen molar-refractivity contribution in [3.63, 3.8) is 0 Å². The average molecular weight is 305 g/mol. The van der Waals surface area contributed by atoms with Gasteiger partial charge >= 0.3 is 0 Å². The van der Waals surface area contributed by atoms with Gasteiger partial charge in [0.1, 0.15) is 23.2 Å². The Morgan fingerprint density at radius 2 is 2.05 bits per heavy atom. The lowest BCUT2D eigenvalue weighted by Crippen LogP contribution is -2.28. The monoisotopic (exact) mass is 304 g/mol. The molecule has 3 N–H and O–H groups in total. The van der Waals surface area contributed by atoms with E-state index >= 15 is 0 Å². The van der Waals surface area contributed by atoms with Crippen molar-refractivity contribution in [2.75, 3.05) is 0 Å². The van der Waals surface area contributed by atoms with Crippen molar-refractivity contribution in [3.05, 3.63) is 70.2 Å². The van der Waals surface area contributed by atoms with Crippen LogP contribution in [-0.4, -0.2) is 0 Å². The number of hydrogen-bond donors (Lipinski definition) is 2. The number of aryl methyl sites for hydroxylation is 1. The Hall–Kier alpha value is -1.88. The van der Waals surface area contributed by atoms with Crippen molar-refractivity contribution in [2.24, 2.45) is 5.84 Å². The second-order valence-electron chi connectivity index (χ2n) is 4.93. The molecule has 0 saturated heterocycles. The molecule has 0 bridgehead atoms. The predicted octanol–water partition coefficient (Wildman–Crippen LogP) is 4.09. The van der Waals surface area contributed by atoms with Crippen molar-refractivity contribution < 1.29 is 8.81 Å². The van der Waals surface area contributed by atoms with Crippen LogP contribution in [0.1, 0.15) is 22.9 Å². The molecule has 0 spiro atoms. The molecule has 1 heterocycles. The highest BCUT2D eigenvalue weighted by atomic mass is 35.5. The maximum absolute atomic E-state index is 13.6. The van der Waals surface area contributed by atoms with E-state index in [-0.39, 0.29) is 5.02 Å². The lowest BCUT2D eigenvalue weighted by atomic mass is 10.0. The zero-order chi connectivity index (χ0) is 15.0. The van der Waals surface area contributed by atoms with Crippen LogP contribution in [0.4, 0.5) is 4.39 Å². The summed E-state index contributed by atoms with van der Waals surface area (Å²) in [7, 11) is 0. The zero-order valence-corrected chi connectivity index (χ0v) is 12.1. The molecule has 1 unspecified atom stereocenters. The van der Waals surface area contributed by atoms with Crippen molar-refractivity contribution in [1.82, 2.24) is 5.43 Å². The zero-order valence-electron chi connectivity index (χ0n) is 11.4. The molecule has 0 amide bonds. The maximum Gasteiger partial charge on any atom is 0.142 e. The van der Waals surface area contributed by atoms with Gasteiger partial charge in [0.05, 0.1) is 5.02 Å². The lowest BCUT2D eigenvalue weighted by molar-refractivity contribution is 0.475. The molecule has 1 aromatic heterocycles. The third-order valence-electron chi connectivity index (χ3n) is 3.43. The summed E-state index contributed by atoms with van der Waals surface area (Å²) in [6, 6.07) is 11.9. The Kier molecular flexibility index (Phi) is 3.68. The van der Waals surface area contributed by atoms with Gasteiger partial charge in [-0.2, -0.15) is 0 Å². The number of fused-ring (bicyclic) bond motifs is 1. The minimum atomic E-state index is -0.513. The molecule has 0 saturated carbocycles. The number of benzene rings is 2. The minimum Gasteiger partial charge on any atom is -0.459 e. The fourth-order valence-electron chi connectivity index (χ4n) is 2.39. The molecule has 3 aromatic rings. The molecule has 3 rings (SSSR count). The first kappa shape index (κ1) is 14.1. The summed E-state index contributed by atoms with van der Waals surface area (Å²) in [4.78, 5) is 0. The Bertz CT molecular complexity index is 800. The minimum absolute atomic E-state index is 0.0390. The van der Waals surface area contributed by atoms with Crippen LogP contribution in [0.3, 0.4) is 0 Å². The quantitative estimate of drug-likeness (QED) is 0.566. The van der Waals surface area contributed by atoms with Crippen LogP contribution in [0.15, 0.2) is 46.9 Å². The van der Waals surface area contributed by atoms with E-state index in [0.717, 1.165) is 16.5 Å². The molecular weight excluding hydrogens is 291 g/mol. The second kappa shape index (κ2) is 5.48. The normalized spacial score (nSPS) is 12.8. The van der Waals surface area contributed by atoms with Gasteiger partial charge in [0.25, 0.3) is 0 Å². The first-order valence-corrected chi connectivity index (χ1v) is 6.88. The Balaban J connectivity index is 2.11. The molecule has 0 aliphatic rings. The van der Waals surface area contributed by atoms with Crippen LogP contribution >= 0.6 is 11.6 Å². The van der Waals surface area contributed by atoms with E-state index in [0.29, 0.717) is 11.3 Å². The summed E-state index contributed by atoms with van der Waals surface area (Å²) in [6.45, 7) is 2.01. The van der Waals surface area contributed by atoms with Gasteiger partial charge in [0.2, 0.25) is 0 Å². The topological polar surface area (TPSA) is 51.2 Å². The molecular formula is C16H14ClFN2O. The standard InChI is InChI=1S/C16H14ClFN2O/c1-9-5-6-13-10(7-9)8-14(21-13)16(20-19)11-3-2-4-12(18)15(11)17/h2-8,16,20H,19H2,1H3. The average Bonchev–Trinajstić information content (AvgIpc) is 2.87. The first-order chi connectivity index (χ1) is 10.1. The largest absolute Gasteiger partial charge is 0.459 e. The van der Waals surface area contributed by atoms with Gasteiger partial charge < -0.3 is 4.42 Å². The van der Waals surface area contributed by atoms with Gasteiger partial charge in [-0.25, -0.2) is 9.82 Å². The Morgan fingerprint density at radius 1 is 1.24 bits per heavy atom. The van der Waals surface area contributed by atoms with Crippen LogP contribution in [0.25, 0.3) is 11.0 Å². The molecule has 2 aromatic carbocycles. The van der Waals surface area contributed by atoms with Crippen LogP contribution < -0.4 is 11.3 Å². The lowest BCUT2D eigenvalue weighted by Gasteiger charge is -2.15. The van der Waals surface area contributed by atoms with E-state index in [4.69, 9.17) is 21.9 Å². The Morgan fingerprint density at radius 3 is 2.81 bits per heavy atom. The molecule has 0 radical (unpaired) electrons. The molecule has 3 nitrogen and oxygen atoms in total. The Labute approximate surface area is 126 Å². The third kappa shape index (κ3) is 2.53. The number of furan rings is 1. The highest BCUT2D eigenvalue weighted by molar-refractivity contribution is 6.31. The fraction of sp³-hybridized carbons (Fsp3) is 0.125. The molecule has 0 aliphatic heterocycles. The number of nitrogens with one attached hydrogen (secondary N) is 1. The van der Waals surface area contributed by atoms with E-state index in [9.17, 15) is 4.39 Å². The van der Waals surface area contributed by atoms with Crippen LogP contribution in [0, 0.1) is 12.7 Å². The van der Waals surface area contributed by atoms with Crippen LogP contribution in [0.2, 0.25) is 5.02 Å². The summed E-state index contributed by atoms with van der Waals surface area (Å²) in [5, 5.41) is 1.01. The summed E-state index contributed by atoms with van der Waals surface area (Å²) in [5.74, 6) is 5.72. The summed E-state index contributed by atoms with van der Waals surface area (Å²) in [6.07, 6.45) is 0. The number of rotatable bonds is 3. The molecule has 108 valence electrons. The molecule has 0 aliphatic carbocycles. The van der Waals surface area contributed by atoms with Crippen molar-refractivity contribution in [3.8, 4) is 0 Å². The van der Waals surface area contributed by atoms with Crippen LogP contribution in [-0.2, 0) is 0 Å². The van der Waals surface area contributed by atoms with Crippen LogP contribution in [0.5, 0.6) is 0 Å². The number of halogens is 2. The van der Waals surface area contributed by atoms with Gasteiger partial charge in [0.15, 0.2) is 0 Å². The molecule has 5 heteroatoms. The van der Waals surface area contributed by atoms with E-state index in [1.165, 1.54) is 6.07 Å². The van der Waals surface area contributed by atoms with E-state index in [2.05, 4.69) is 5.43 Å². The van der Waals surface area contributed by atoms with Crippen molar-refractivity contribution >= 4 is 22.6 Å². The summed E-state index contributed by atoms with van der Waals surface area (Å²) < 4.78 is 19.4. The number of nitrogens with two attached hydrogens (primary N) is 1. The maximum atomic E-state index is 13.6. The van der Waals surface area contributed by atoms with E-state index in [1.54, 1.807) is 12.1 Å².